The molecular weight excluding hydrogens is 246 g/mol. The van der Waals surface area contributed by atoms with Crippen LogP contribution in [0.25, 0.3) is 0 Å². The molecule has 7 nitrogen and oxygen atoms in total. The Balaban J connectivity index is 2.80. The minimum absolute atomic E-state index is 0.0308. The van der Waals surface area contributed by atoms with E-state index in [0.29, 0.717) is 19.6 Å². The maximum Gasteiger partial charge on any atom is 0.240 e. The van der Waals surface area contributed by atoms with Crippen LogP contribution in [0.15, 0.2) is 0 Å². The summed E-state index contributed by atoms with van der Waals surface area (Å²) in [5.74, 6) is -0.377. The number of likely N-dealkylation sites (N-methyl/N-ethyl adjacent to an activating group) is 1. The third-order valence-corrected chi connectivity index (χ3v) is 4.55. The van der Waals surface area contributed by atoms with Gasteiger partial charge in [-0.15, -0.1) is 0 Å². The van der Waals surface area contributed by atoms with Crippen molar-refractivity contribution >= 4 is 15.9 Å². The predicted octanol–water partition coefficient (Wildman–Crippen LogP) is -1.89. The van der Waals surface area contributed by atoms with Gasteiger partial charge in [-0.05, 0) is 13.0 Å². The molecule has 0 aromatic rings. The molecule has 0 aliphatic carbocycles. The highest BCUT2D eigenvalue weighted by molar-refractivity contribution is 7.89. The summed E-state index contributed by atoms with van der Waals surface area (Å²) in [4.78, 5) is 11.6. The van der Waals surface area contributed by atoms with Crippen LogP contribution in [0, 0.1) is 0 Å². The first-order valence-electron chi connectivity index (χ1n) is 5.52. The minimum Gasteiger partial charge on any atom is -0.378 e. The van der Waals surface area contributed by atoms with E-state index in [1.165, 1.54) is 11.4 Å². The van der Waals surface area contributed by atoms with E-state index in [-0.39, 0.29) is 24.8 Å². The zero-order valence-corrected chi connectivity index (χ0v) is 10.7. The first kappa shape index (κ1) is 14.4. The average Bonchev–Trinajstić information content (AvgIpc) is 2.35. The van der Waals surface area contributed by atoms with Crippen molar-refractivity contribution in [1.29, 1.82) is 0 Å². The van der Waals surface area contributed by atoms with Crippen LogP contribution in [0.2, 0.25) is 0 Å². The van der Waals surface area contributed by atoms with Crippen LogP contribution in [0.4, 0.5) is 0 Å². The fraction of sp³-hybridized carbons (Fsp3) is 0.889. The van der Waals surface area contributed by atoms with Gasteiger partial charge in [0.05, 0.1) is 19.0 Å². The molecule has 1 aliphatic heterocycles. The molecule has 0 bridgehead atoms. The summed E-state index contributed by atoms with van der Waals surface area (Å²) in [6.07, 6.45) is 0.389. The number of carbonyl (C=O) groups is 1. The van der Waals surface area contributed by atoms with E-state index in [9.17, 15) is 13.2 Å². The highest BCUT2D eigenvalue weighted by Gasteiger charge is 2.36. The van der Waals surface area contributed by atoms with Crippen LogP contribution in [-0.4, -0.2) is 63.8 Å². The molecule has 0 aromatic heterocycles. The summed E-state index contributed by atoms with van der Waals surface area (Å²) < 4.78 is 30.4. The summed E-state index contributed by atoms with van der Waals surface area (Å²) in [5.41, 5.74) is 5.30. The van der Waals surface area contributed by atoms with Gasteiger partial charge in [0.15, 0.2) is 0 Å². The van der Waals surface area contributed by atoms with Gasteiger partial charge in [0.25, 0.3) is 0 Å². The monoisotopic (exact) mass is 265 g/mol. The smallest absolute Gasteiger partial charge is 0.240 e. The molecule has 100 valence electrons. The summed E-state index contributed by atoms with van der Waals surface area (Å²) in [6, 6.07) is -0.767. The molecule has 3 N–H and O–H groups in total. The van der Waals surface area contributed by atoms with E-state index in [2.05, 4.69) is 5.32 Å². The van der Waals surface area contributed by atoms with Crippen LogP contribution in [0.5, 0.6) is 0 Å². The molecule has 1 fully saturated rings. The predicted molar refractivity (Wildman–Crippen MR) is 62.8 cm³/mol. The first-order valence-corrected chi connectivity index (χ1v) is 7.12. The van der Waals surface area contributed by atoms with Crippen molar-refractivity contribution < 1.29 is 17.9 Å². The first-order chi connectivity index (χ1) is 8.03. The quantitative estimate of drug-likeness (QED) is 0.605. The Hall–Kier alpha value is -0.700. The zero-order chi connectivity index (χ0) is 12.9. The fourth-order valence-corrected chi connectivity index (χ4v) is 3.34. The Morgan fingerprint density at radius 2 is 2.29 bits per heavy atom. The lowest BCUT2D eigenvalue weighted by Gasteiger charge is -2.33. The molecule has 1 atom stereocenters. The van der Waals surface area contributed by atoms with E-state index in [1.807, 2.05) is 0 Å². The van der Waals surface area contributed by atoms with Crippen LogP contribution >= 0.6 is 0 Å². The molecule has 0 spiro atoms. The normalized spacial score (nSPS) is 22.4. The van der Waals surface area contributed by atoms with Crippen molar-refractivity contribution in [2.75, 3.05) is 39.1 Å². The molecule has 1 heterocycles. The number of sulfonamides is 1. The fourth-order valence-electron chi connectivity index (χ4n) is 1.68. The van der Waals surface area contributed by atoms with Crippen LogP contribution < -0.4 is 11.1 Å². The number of nitrogens with one attached hydrogen (secondary N) is 1. The molecule has 8 heteroatoms. The number of morpholine rings is 1. The summed E-state index contributed by atoms with van der Waals surface area (Å²) in [7, 11) is -1.96. The Kier molecular flexibility index (Phi) is 5.31. The third kappa shape index (κ3) is 3.63. The summed E-state index contributed by atoms with van der Waals surface area (Å²) in [6.45, 7) is 0.941. The molecule has 0 aromatic carbocycles. The molecule has 0 radical (unpaired) electrons. The minimum atomic E-state index is -3.44. The van der Waals surface area contributed by atoms with E-state index in [1.54, 1.807) is 0 Å². The highest BCUT2D eigenvalue weighted by Crippen LogP contribution is 2.13. The molecule has 1 aliphatic rings. The van der Waals surface area contributed by atoms with Crippen LogP contribution in [-0.2, 0) is 19.6 Å². The molecule has 17 heavy (non-hydrogen) atoms. The lowest BCUT2D eigenvalue weighted by Crippen LogP contribution is -2.55. The van der Waals surface area contributed by atoms with E-state index in [0.717, 1.165) is 0 Å². The van der Waals surface area contributed by atoms with Gasteiger partial charge in [0, 0.05) is 13.6 Å². The number of amides is 1. The molecule has 1 unspecified atom stereocenters. The zero-order valence-electron chi connectivity index (χ0n) is 9.89. The van der Waals surface area contributed by atoms with Gasteiger partial charge in [-0.2, -0.15) is 4.31 Å². The number of nitrogens with two attached hydrogens (primary N) is 1. The topological polar surface area (TPSA) is 102 Å². The summed E-state index contributed by atoms with van der Waals surface area (Å²) >= 11 is 0. The Morgan fingerprint density at radius 3 is 2.88 bits per heavy atom. The second-order valence-corrected chi connectivity index (χ2v) is 5.82. The number of hydrogen-bond acceptors (Lipinski definition) is 5. The second-order valence-electron chi connectivity index (χ2n) is 3.77. The third-order valence-electron chi connectivity index (χ3n) is 2.59. The Bertz CT molecular complexity index is 357. The van der Waals surface area contributed by atoms with E-state index < -0.39 is 16.1 Å². The Morgan fingerprint density at radius 1 is 1.59 bits per heavy atom. The van der Waals surface area contributed by atoms with Gasteiger partial charge in [0.2, 0.25) is 15.9 Å². The Labute approximate surface area is 101 Å². The van der Waals surface area contributed by atoms with Crippen molar-refractivity contribution in [3.63, 3.8) is 0 Å². The lowest BCUT2D eigenvalue weighted by atomic mass is 10.2. The van der Waals surface area contributed by atoms with Gasteiger partial charge in [-0.25, -0.2) is 8.42 Å². The number of hydrogen-bond donors (Lipinski definition) is 2. The highest BCUT2D eigenvalue weighted by atomic mass is 32.2. The van der Waals surface area contributed by atoms with Crippen molar-refractivity contribution in [3.05, 3.63) is 0 Å². The largest absolute Gasteiger partial charge is 0.378 e. The average molecular weight is 265 g/mol. The molecule has 1 rings (SSSR count). The van der Waals surface area contributed by atoms with Gasteiger partial charge in [0.1, 0.15) is 6.04 Å². The second kappa shape index (κ2) is 6.29. The number of rotatable bonds is 5. The van der Waals surface area contributed by atoms with Crippen molar-refractivity contribution in [1.82, 2.24) is 9.62 Å². The van der Waals surface area contributed by atoms with E-state index >= 15 is 0 Å². The maximum absolute atomic E-state index is 12.0. The van der Waals surface area contributed by atoms with Gasteiger partial charge in [-0.3, -0.25) is 4.79 Å². The molecule has 1 saturated heterocycles. The van der Waals surface area contributed by atoms with Crippen LogP contribution in [0.3, 0.4) is 0 Å². The van der Waals surface area contributed by atoms with Gasteiger partial charge >= 0.3 is 0 Å². The van der Waals surface area contributed by atoms with Crippen molar-refractivity contribution in [2.45, 2.75) is 12.5 Å². The molecule has 0 saturated carbocycles. The standard InChI is InChI=1S/C9H19N3O4S/c1-11-9(13)8-7-16-5-4-12(8)17(14,15)6-2-3-10/h8H,2-7,10H2,1H3,(H,11,13). The van der Waals surface area contributed by atoms with Crippen molar-refractivity contribution in [2.24, 2.45) is 5.73 Å². The maximum atomic E-state index is 12.0. The SMILES string of the molecule is CNC(=O)C1COCCN1S(=O)(=O)CCCN. The lowest BCUT2D eigenvalue weighted by molar-refractivity contribution is -0.128. The number of nitrogens with zero attached hydrogens (tertiary/aromatic N) is 1. The summed E-state index contributed by atoms with van der Waals surface area (Å²) in [5, 5.41) is 2.44. The van der Waals surface area contributed by atoms with E-state index in [4.69, 9.17) is 10.5 Å². The van der Waals surface area contributed by atoms with Crippen molar-refractivity contribution in [3.8, 4) is 0 Å². The molecule has 1 amide bonds. The van der Waals surface area contributed by atoms with Gasteiger partial charge in [-0.1, -0.05) is 0 Å². The van der Waals surface area contributed by atoms with Gasteiger partial charge < -0.3 is 15.8 Å². The van der Waals surface area contributed by atoms with Crippen LogP contribution in [0.1, 0.15) is 6.42 Å². The number of carbonyl (C=O) groups excluding carboxylic acids is 1. The number of ether oxygens (including phenoxy) is 1. The molecular formula is C9H19N3O4S.